The van der Waals surface area contributed by atoms with Crippen molar-refractivity contribution in [3.05, 3.63) is 16.1 Å². The zero-order chi connectivity index (χ0) is 12.6. The summed E-state index contributed by atoms with van der Waals surface area (Å²) in [4.78, 5) is 4.60. The molecule has 0 radical (unpaired) electrons. The SMILES string of the molecule is FC1(F)CCCC(c2nc([C@@H]3CCCN3)cs2)C1. The number of hydrogen-bond donors (Lipinski definition) is 1. The lowest BCUT2D eigenvalue weighted by Gasteiger charge is -2.27. The molecule has 2 nitrogen and oxygen atoms in total. The number of nitrogens with one attached hydrogen (secondary N) is 1. The summed E-state index contributed by atoms with van der Waals surface area (Å²) in [7, 11) is 0. The van der Waals surface area contributed by atoms with Crippen LogP contribution in [0.15, 0.2) is 5.38 Å². The van der Waals surface area contributed by atoms with Crippen molar-refractivity contribution in [3.8, 4) is 0 Å². The first kappa shape index (κ1) is 12.5. The quantitative estimate of drug-likeness (QED) is 0.884. The average Bonchev–Trinajstić information content (AvgIpc) is 2.99. The van der Waals surface area contributed by atoms with Crippen molar-refractivity contribution in [2.45, 2.75) is 56.4 Å². The molecule has 1 unspecified atom stereocenters. The second-order valence-electron chi connectivity index (χ2n) is 5.41. The van der Waals surface area contributed by atoms with Crippen LogP contribution in [-0.2, 0) is 0 Å². The summed E-state index contributed by atoms with van der Waals surface area (Å²) in [6.45, 7) is 1.04. The van der Waals surface area contributed by atoms with E-state index in [0.29, 0.717) is 12.5 Å². The highest BCUT2D eigenvalue weighted by molar-refractivity contribution is 7.09. The van der Waals surface area contributed by atoms with Gasteiger partial charge in [0.25, 0.3) is 0 Å². The molecule has 1 aromatic rings. The number of thiazole rings is 1. The maximum Gasteiger partial charge on any atom is 0.248 e. The van der Waals surface area contributed by atoms with Crippen LogP contribution in [0.1, 0.15) is 61.2 Å². The van der Waals surface area contributed by atoms with E-state index in [1.54, 1.807) is 11.3 Å². The van der Waals surface area contributed by atoms with Crippen LogP contribution in [0.3, 0.4) is 0 Å². The van der Waals surface area contributed by atoms with E-state index in [0.717, 1.165) is 30.1 Å². The number of alkyl halides is 2. The number of halogens is 2. The van der Waals surface area contributed by atoms with Crippen LogP contribution >= 0.6 is 11.3 Å². The molecule has 1 aliphatic carbocycles. The van der Waals surface area contributed by atoms with Gasteiger partial charge in [-0.15, -0.1) is 11.3 Å². The van der Waals surface area contributed by atoms with E-state index < -0.39 is 5.92 Å². The Morgan fingerprint density at radius 3 is 2.94 bits per heavy atom. The average molecular weight is 272 g/mol. The summed E-state index contributed by atoms with van der Waals surface area (Å²) in [5, 5.41) is 6.36. The topological polar surface area (TPSA) is 24.9 Å². The van der Waals surface area contributed by atoms with Gasteiger partial charge in [-0.25, -0.2) is 13.8 Å². The van der Waals surface area contributed by atoms with E-state index in [2.05, 4.69) is 10.3 Å². The van der Waals surface area contributed by atoms with Gasteiger partial charge in [-0.2, -0.15) is 0 Å². The molecule has 2 atom stereocenters. The summed E-state index contributed by atoms with van der Waals surface area (Å²) < 4.78 is 26.8. The van der Waals surface area contributed by atoms with E-state index in [9.17, 15) is 8.78 Å². The van der Waals surface area contributed by atoms with Crippen LogP contribution in [0.25, 0.3) is 0 Å². The summed E-state index contributed by atoms with van der Waals surface area (Å²) in [5.41, 5.74) is 1.06. The Labute approximate surface area is 110 Å². The molecule has 2 fully saturated rings. The van der Waals surface area contributed by atoms with E-state index >= 15 is 0 Å². The zero-order valence-corrected chi connectivity index (χ0v) is 11.1. The Hall–Kier alpha value is -0.550. The standard InChI is InChI=1S/C13H18F2N2S/c14-13(15)5-1-3-9(7-13)12-17-11(8-18-12)10-4-2-6-16-10/h8-10,16H,1-7H2/t9?,10-/m0/s1. The Bertz CT molecular complexity index is 413. The number of hydrogen-bond acceptors (Lipinski definition) is 3. The molecule has 0 bridgehead atoms. The lowest BCUT2D eigenvalue weighted by atomic mass is 9.87. The molecule has 3 rings (SSSR count). The van der Waals surface area contributed by atoms with Crippen molar-refractivity contribution >= 4 is 11.3 Å². The normalized spacial score (nSPS) is 31.7. The predicted molar refractivity (Wildman–Crippen MR) is 68.2 cm³/mol. The molecule has 2 aliphatic rings. The first-order valence-corrected chi connectivity index (χ1v) is 7.58. The second kappa shape index (κ2) is 4.85. The summed E-state index contributed by atoms with van der Waals surface area (Å²) in [6.07, 6.45) is 3.81. The molecular formula is C13H18F2N2S. The molecule has 2 heterocycles. The van der Waals surface area contributed by atoms with Crippen LogP contribution in [0.5, 0.6) is 0 Å². The van der Waals surface area contributed by atoms with E-state index in [4.69, 9.17) is 0 Å². The van der Waals surface area contributed by atoms with Gasteiger partial charge >= 0.3 is 0 Å². The highest BCUT2D eigenvalue weighted by Crippen LogP contribution is 2.42. The van der Waals surface area contributed by atoms with Crippen molar-refractivity contribution in [1.82, 2.24) is 10.3 Å². The van der Waals surface area contributed by atoms with Crippen molar-refractivity contribution in [3.63, 3.8) is 0 Å². The third kappa shape index (κ3) is 2.57. The number of rotatable bonds is 2. The van der Waals surface area contributed by atoms with Crippen molar-refractivity contribution in [1.29, 1.82) is 0 Å². The minimum atomic E-state index is -2.49. The first-order valence-electron chi connectivity index (χ1n) is 6.71. The predicted octanol–water partition coefficient (Wildman–Crippen LogP) is 3.86. The smallest absolute Gasteiger partial charge is 0.248 e. The van der Waals surface area contributed by atoms with Gasteiger partial charge in [0.2, 0.25) is 5.92 Å². The minimum absolute atomic E-state index is 0.0158. The fourth-order valence-corrected chi connectivity index (χ4v) is 3.98. The molecule has 0 spiro atoms. The van der Waals surface area contributed by atoms with Gasteiger partial charge in [0, 0.05) is 24.1 Å². The maximum atomic E-state index is 13.4. The molecule has 1 saturated heterocycles. The van der Waals surface area contributed by atoms with Crippen molar-refractivity contribution in [2.75, 3.05) is 6.54 Å². The molecule has 100 valence electrons. The monoisotopic (exact) mass is 272 g/mol. The van der Waals surface area contributed by atoms with E-state index in [1.807, 2.05) is 5.38 Å². The van der Waals surface area contributed by atoms with E-state index in [-0.39, 0.29) is 18.8 Å². The Balaban J connectivity index is 1.72. The lowest BCUT2D eigenvalue weighted by Crippen LogP contribution is -2.25. The molecule has 0 amide bonds. The largest absolute Gasteiger partial charge is 0.309 e. The number of aromatic nitrogens is 1. The van der Waals surface area contributed by atoms with Gasteiger partial charge in [0.05, 0.1) is 16.7 Å². The first-order chi connectivity index (χ1) is 8.64. The Morgan fingerprint density at radius 2 is 2.22 bits per heavy atom. The highest BCUT2D eigenvalue weighted by atomic mass is 32.1. The molecule has 18 heavy (non-hydrogen) atoms. The summed E-state index contributed by atoms with van der Waals surface area (Å²) in [6, 6.07) is 0.346. The maximum absolute atomic E-state index is 13.4. The highest BCUT2D eigenvalue weighted by Gasteiger charge is 2.38. The van der Waals surface area contributed by atoms with Crippen LogP contribution in [-0.4, -0.2) is 17.5 Å². The second-order valence-corrected chi connectivity index (χ2v) is 6.30. The van der Waals surface area contributed by atoms with Crippen LogP contribution < -0.4 is 5.32 Å². The van der Waals surface area contributed by atoms with Gasteiger partial charge in [0.15, 0.2) is 0 Å². The molecule has 0 aromatic carbocycles. The van der Waals surface area contributed by atoms with E-state index in [1.165, 1.54) is 6.42 Å². The third-order valence-electron chi connectivity index (χ3n) is 3.95. The van der Waals surface area contributed by atoms with Gasteiger partial charge in [-0.05, 0) is 32.2 Å². The van der Waals surface area contributed by atoms with Crippen LogP contribution in [0, 0.1) is 0 Å². The van der Waals surface area contributed by atoms with Crippen LogP contribution in [0.4, 0.5) is 8.78 Å². The molecule has 1 N–H and O–H groups in total. The molecule has 5 heteroatoms. The van der Waals surface area contributed by atoms with Crippen molar-refractivity contribution in [2.24, 2.45) is 0 Å². The minimum Gasteiger partial charge on any atom is -0.309 e. The Morgan fingerprint density at radius 1 is 1.33 bits per heavy atom. The van der Waals surface area contributed by atoms with Crippen LogP contribution in [0.2, 0.25) is 0 Å². The zero-order valence-electron chi connectivity index (χ0n) is 10.3. The molecule has 1 aliphatic heterocycles. The number of nitrogens with zero attached hydrogens (tertiary/aromatic N) is 1. The molecule has 1 saturated carbocycles. The van der Waals surface area contributed by atoms with Gasteiger partial charge in [0.1, 0.15) is 0 Å². The van der Waals surface area contributed by atoms with Crippen molar-refractivity contribution < 1.29 is 8.78 Å². The summed E-state index contributed by atoms with van der Waals surface area (Å²) >= 11 is 1.56. The third-order valence-corrected chi connectivity index (χ3v) is 4.97. The van der Waals surface area contributed by atoms with Gasteiger partial charge in [-0.3, -0.25) is 0 Å². The van der Waals surface area contributed by atoms with Gasteiger partial charge < -0.3 is 5.32 Å². The lowest BCUT2D eigenvalue weighted by molar-refractivity contribution is -0.0408. The van der Waals surface area contributed by atoms with Gasteiger partial charge in [-0.1, -0.05) is 0 Å². The fourth-order valence-electron chi connectivity index (χ4n) is 2.97. The molecular weight excluding hydrogens is 254 g/mol. The molecule has 1 aromatic heterocycles. The fraction of sp³-hybridized carbons (Fsp3) is 0.769. The summed E-state index contributed by atoms with van der Waals surface area (Å²) in [5.74, 6) is -2.52. The Kier molecular flexibility index (Phi) is 3.36.